The molecule has 0 radical (unpaired) electrons. The van der Waals surface area contributed by atoms with Crippen molar-refractivity contribution in [2.24, 2.45) is 0 Å². The van der Waals surface area contributed by atoms with Crippen LogP contribution in [0, 0.1) is 0 Å². The summed E-state index contributed by atoms with van der Waals surface area (Å²) < 4.78 is 29.7. The van der Waals surface area contributed by atoms with Crippen molar-refractivity contribution in [3.05, 3.63) is 119 Å². The molecule has 0 fully saturated rings. The smallest absolute Gasteiger partial charge is 0.338 e. The summed E-state index contributed by atoms with van der Waals surface area (Å²) in [4.78, 5) is 13.3. The summed E-state index contributed by atoms with van der Waals surface area (Å²) >= 11 is 0. The molecule has 2 unspecified atom stereocenters. The van der Waals surface area contributed by atoms with Crippen molar-refractivity contribution in [1.82, 2.24) is 0 Å². The third-order valence-electron chi connectivity index (χ3n) is 7.40. The van der Waals surface area contributed by atoms with Crippen LogP contribution in [0.5, 0.6) is 17.2 Å². The average Bonchev–Trinajstić information content (AvgIpc) is 3.02. The first-order chi connectivity index (χ1) is 20.4. The second-order valence-electron chi connectivity index (χ2n) is 10.7. The minimum Gasteiger partial charge on any atom is -0.497 e. The number of carbonyl (C=O) groups is 1. The first-order valence-corrected chi connectivity index (χ1v) is 14.1. The topological polar surface area (TPSA) is 75.2 Å². The Labute approximate surface area is 247 Å². The van der Waals surface area contributed by atoms with E-state index in [1.54, 1.807) is 38.5 Å². The summed E-state index contributed by atoms with van der Waals surface area (Å²) in [5, 5.41) is 3.49. The van der Waals surface area contributed by atoms with Gasteiger partial charge in [-0.3, -0.25) is 0 Å². The lowest BCUT2D eigenvalue weighted by molar-refractivity contribution is -0.139. The zero-order valence-corrected chi connectivity index (χ0v) is 24.5. The van der Waals surface area contributed by atoms with Gasteiger partial charge in [-0.15, -0.1) is 0 Å². The fraction of sp³-hybridized carbons (Fsp3) is 0.286. The first-order valence-electron chi connectivity index (χ1n) is 14.1. The molecule has 1 N–H and O–H groups in total. The van der Waals surface area contributed by atoms with Gasteiger partial charge < -0.3 is 29.0 Å². The van der Waals surface area contributed by atoms with Gasteiger partial charge in [-0.05, 0) is 86.0 Å². The number of anilines is 1. The van der Waals surface area contributed by atoms with E-state index in [1.807, 2.05) is 74.5 Å². The van der Waals surface area contributed by atoms with Gasteiger partial charge in [0.15, 0.2) is 6.10 Å². The summed E-state index contributed by atoms with van der Waals surface area (Å²) in [6, 6.07) is 30.9. The number of methoxy groups -OCH3 is 2. The van der Waals surface area contributed by atoms with Gasteiger partial charge >= 0.3 is 5.97 Å². The maximum atomic E-state index is 13.3. The Hall–Kier alpha value is -4.49. The van der Waals surface area contributed by atoms with E-state index in [9.17, 15) is 4.79 Å². The van der Waals surface area contributed by atoms with E-state index >= 15 is 0 Å². The van der Waals surface area contributed by atoms with Crippen molar-refractivity contribution >= 4 is 11.7 Å². The molecule has 4 aromatic rings. The van der Waals surface area contributed by atoms with Crippen molar-refractivity contribution in [3.63, 3.8) is 0 Å². The van der Waals surface area contributed by atoms with Crippen LogP contribution in [0.2, 0.25) is 0 Å². The van der Waals surface area contributed by atoms with Gasteiger partial charge in [-0.25, -0.2) is 4.79 Å². The highest BCUT2D eigenvalue weighted by Gasteiger charge is 2.47. The number of nitrogens with one attached hydrogen (secondary N) is 1. The third kappa shape index (κ3) is 6.86. The first kappa shape index (κ1) is 29.0. The molecule has 0 spiro atoms. The Balaban J connectivity index is 1.40. The lowest BCUT2D eigenvalue weighted by Gasteiger charge is -2.43. The number of ether oxygens (including phenoxy) is 5. The normalized spacial score (nSPS) is 17.0. The Morgan fingerprint density at radius 1 is 0.833 bits per heavy atom. The Bertz CT molecular complexity index is 1470. The van der Waals surface area contributed by atoms with Gasteiger partial charge in [0.25, 0.3) is 0 Å². The molecule has 0 saturated carbocycles. The second-order valence-corrected chi connectivity index (χ2v) is 10.7. The Morgan fingerprint density at radius 3 is 2.17 bits per heavy atom. The minimum atomic E-state index is -0.843. The summed E-state index contributed by atoms with van der Waals surface area (Å²) in [6.07, 6.45) is -0.521. The van der Waals surface area contributed by atoms with Gasteiger partial charge in [0, 0.05) is 17.8 Å². The average molecular weight is 568 g/mol. The van der Waals surface area contributed by atoms with E-state index in [0.717, 1.165) is 29.0 Å². The standard InChI is InChI=1S/C35H37NO6/c1-35(2)33(41-34(37)26-12-17-29(39-4)18-13-26)32(40-21-20-24-8-6-5-7-9-24)30-22-27(14-19-31(30)42-35)36-23-25-10-15-28(38-3)16-11-25/h5-19,22,32-33,36H,20-21,23H2,1-4H3. The van der Waals surface area contributed by atoms with Crippen LogP contribution in [0.3, 0.4) is 0 Å². The summed E-state index contributed by atoms with van der Waals surface area (Å²) in [5.41, 5.74) is 3.61. The minimum absolute atomic E-state index is 0.426. The predicted octanol–water partition coefficient (Wildman–Crippen LogP) is 7.01. The fourth-order valence-corrected chi connectivity index (χ4v) is 5.03. The molecule has 42 heavy (non-hydrogen) atoms. The molecule has 0 bridgehead atoms. The Morgan fingerprint density at radius 2 is 1.50 bits per heavy atom. The molecule has 218 valence electrons. The number of hydrogen-bond donors (Lipinski definition) is 1. The number of benzene rings is 4. The number of carbonyl (C=O) groups excluding carboxylic acids is 1. The van der Waals surface area contributed by atoms with E-state index in [0.29, 0.717) is 30.2 Å². The van der Waals surface area contributed by atoms with Gasteiger partial charge in [-0.1, -0.05) is 42.5 Å². The van der Waals surface area contributed by atoms with Crippen LogP contribution in [0.4, 0.5) is 5.69 Å². The third-order valence-corrected chi connectivity index (χ3v) is 7.40. The number of fused-ring (bicyclic) bond motifs is 1. The molecule has 5 rings (SSSR count). The predicted molar refractivity (Wildman–Crippen MR) is 163 cm³/mol. The van der Waals surface area contributed by atoms with Gasteiger partial charge in [0.2, 0.25) is 0 Å². The lowest BCUT2D eigenvalue weighted by atomic mass is 9.87. The fourth-order valence-electron chi connectivity index (χ4n) is 5.03. The van der Waals surface area contributed by atoms with Crippen molar-refractivity contribution in [2.75, 3.05) is 26.1 Å². The molecule has 1 aliphatic heterocycles. The zero-order chi connectivity index (χ0) is 29.5. The maximum Gasteiger partial charge on any atom is 0.338 e. The number of rotatable bonds is 11. The molecule has 4 aromatic carbocycles. The van der Waals surface area contributed by atoms with Crippen molar-refractivity contribution in [2.45, 2.75) is 44.6 Å². The molecule has 7 heteroatoms. The molecule has 0 amide bonds. The van der Waals surface area contributed by atoms with E-state index in [-0.39, 0.29) is 0 Å². The zero-order valence-electron chi connectivity index (χ0n) is 24.5. The molecule has 1 aliphatic rings. The molecule has 2 atom stereocenters. The molecule has 0 saturated heterocycles. The van der Waals surface area contributed by atoms with Crippen LogP contribution in [0.1, 0.15) is 47.0 Å². The van der Waals surface area contributed by atoms with Crippen LogP contribution < -0.4 is 19.5 Å². The molecule has 1 heterocycles. The van der Waals surface area contributed by atoms with E-state index < -0.39 is 23.8 Å². The molecule has 0 aromatic heterocycles. The van der Waals surface area contributed by atoms with Crippen LogP contribution >= 0.6 is 0 Å². The quantitative estimate of drug-likeness (QED) is 0.195. The monoisotopic (exact) mass is 567 g/mol. The van der Waals surface area contributed by atoms with Gasteiger partial charge in [0.1, 0.15) is 29.0 Å². The highest BCUT2D eigenvalue weighted by atomic mass is 16.6. The van der Waals surface area contributed by atoms with Gasteiger partial charge in [-0.2, -0.15) is 0 Å². The summed E-state index contributed by atoms with van der Waals surface area (Å²) in [6.45, 7) is 4.92. The van der Waals surface area contributed by atoms with Crippen LogP contribution in [-0.4, -0.2) is 38.5 Å². The lowest BCUT2D eigenvalue weighted by Crippen LogP contribution is -2.51. The van der Waals surface area contributed by atoms with Crippen LogP contribution in [-0.2, 0) is 22.4 Å². The van der Waals surface area contributed by atoms with E-state index in [1.165, 1.54) is 5.56 Å². The van der Waals surface area contributed by atoms with Crippen molar-refractivity contribution in [3.8, 4) is 17.2 Å². The number of esters is 1. The Kier molecular flexibility index (Phi) is 8.98. The van der Waals surface area contributed by atoms with Crippen LogP contribution in [0.25, 0.3) is 0 Å². The van der Waals surface area contributed by atoms with E-state index in [2.05, 4.69) is 17.4 Å². The SMILES string of the molecule is COc1ccc(CNc2ccc3c(c2)C(OCCc2ccccc2)C(OC(=O)c2ccc(OC)cc2)C(C)(C)O3)cc1. The summed E-state index contributed by atoms with van der Waals surface area (Å²) in [5.74, 6) is 1.74. The van der Waals surface area contributed by atoms with E-state index in [4.69, 9.17) is 23.7 Å². The highest BCUT2D eigenvalue weighted by molar-refractivity contribution is 5.89. The van der Waals surface area contributed by atoms with Gasteiger partial charge in [0.05, 0.1) is 26.4 Å². The molecule has 0 aliphatic carbocycles. The second kappa shape index (κ2) is 13.0. The largest absolute Gasteiger partial charge is 0.497 e. The van der Waals surface area contributed by atoms with Crippen LogP contribution in [0.15, 0.2) is 97.1 Å². The summed E-state index contributed by atoms with van der Waals surface area (Å²) in [7, 11) is 3.24. The molecule has 7 nitrogen and oxygen atoms in total. The number of hydrogen-bond acceptors (Lipinski definition) is 7. The van der Waals surface area contributed by atoms with Crippen molar-refractivity contribution in [1.29, 1.82) is 0 Å². The maximum absolute atomic E-state index is 13.3. The highest BCUT2D eigenvalue weighted by Crippen LogP contribution is 2.44. The van der Waals surface area contributed by atoms with Crippen molar-refractivity contribution < 1.29 is 28.5 Å². The molecular formula is C35H37NO6. The molecular weight excluding hydrogens is 530 g/mol.